The van der Waals surface area contributed by atoms with E-state index in [1.54, 1.807) is 0 Å². The third-order valence-corrected chi connectivity index (χ3v) is 3.99. The van der Waals surface area contributed by atoms with Gasteiger partial charge in [-0.3, -0.25) is 9.59 Å². The molecular weight excluding hydrogens is 318 g/mol. The number of carbonyl (C=O) groups is 2. The molecule has 5 heteroatoms. The minimum Gasteiger partial charge on any atom is -0.481 e. The third kappa shape index (κ3) is 39.6. The maximum atomic E-state index is 10.3. The Bertz CT molecular complexity index is 279. The average molecular weight is 362 g/mol. The van der Waals surface area contributed by atoms with Crippen LogP contribution in [0.2, 0.25) is 0 Å². The maximum absolute atomic E-state index is 10.3. The Kier molecular flexibility index (Phi) is 28.9. The van der Waals surface area contributed by atoms with Gasteiger partial charge in [-0.1, -0.05) is 96.8 Å². The number of hydrogen-bond donors (Lipinski definition) is 3. The number of hydrogen-bond acceptors (Lipinski definition) is 3. The molecule has 0 unspecified atom stereocenters. The highest BCUT2D eigenvalue weighted by Gasteiger charge is 1.97. The molecule has 0 aliphatic heterocycles. The summed E-state index contributed by atoms with van der Waals surface area (Å²) in [6.45, 7) is 3.35. The summed E-state index contributed by atoms with van der Waals surface area (Å²) in [6.07, 6.45) is 20.2. The fraction of sp³-hybridized carbons (Fsp3) is 0.900. The number of carboxylic acids is 2. The number of carboxylic acid groups (broad SMARTS) is 2. The molecule has 0 atom stereocenters. The first kappa shape index (κ1) is 28.7. The summed E-state index contributed by atoms with van der Waals surface area (Å²) in [7, 11) is 0. The molecule has 0 fully saturated rings. The normalized spacial score (nSPS) is 9.68. The van der Waals surface area contributed by atoms with Crippen molar-refractivity contribution in [3.05, 3.63) is 0 Å². The minimum absolute atomic E-state index is 0. The van der Waals surface area contributed by atoms with Crippen molar-refractivity contribution in [2.75, 3.05) is 0 Å². The van der Waals surface area contributed by atoms with Crippen LogP contribution in [0.1, 0.15) is 117 Å². The van der Waals surface area contributed by atoms with Crippen molar-refractivity contribution in [2.45, 2.75) is 117 Å². The Morgan fingerprint density at radius 1 is 0.600 bits per heavy atom. The van der Waals surface area contributed by atoms with Gasteiger partial charge in [-0.2, -0.15) is 0 Å². The SMILES string of the molecule is CC(=O)O.CCCCCCCCCCCCCCCCCC(=O)O.N. The Balaban J connectivity index is -0.000000867. The van der Waals surface area contributed by atoms with Gasteiger partial charge in [0.1, 0.15) is 0 Å². The summed E-state index contributed by atoms with van der Waals surface area (Å²) < 4.78 is 0. The van der Waals surface area contributed by atoms with Crippen LogP contribution in [0.5, 0.6) is 0 Å². The molecule has 0 aromatic heterocycles. The summed E-state index contributed by atoms with van der Waals surface area (Å²) in [6, 6.07) is 0. The molecule has 25 heavy (non-hydrogen) atoms. The Labute approximate surface area is 155 Å². The molecule has 0 saturated heterocycles. The second-order valence-electron chi connectivity index (χ2n) is 6.61. The molecule has 0 aromatic carbocycles. The van der Waals surface area contributed by atoms with E-state index in [1.807, 2.05) is 0 Å². The van der Waals surface area contributed by atoms with Crippen molar-refractivity contribution in [1.29, 1.82) is 0 Å². The monoisotopic (exact) mass is 361 g/mol. The number of unbranched alkanes of at least 4 members (excludes halogenated alkanes) is 14. The van der Waals surface area contributed by atoms with Crippen LogP contribution in [0, 0.1) is 0 Å². The van der Waals surface area contributed by atoms with E-state index in [1.165, 1.54) is 83.5 Å². The standard InChI is InChI=1S/C18H36O2.C2H4O2.H3N/c1-2-3-4-5-6-7-8-9-10-11-12-13-14-15-16-17-18(19)20;1-2(3)4;/h2-17H2,1H3,(H,19,20);1H3,(H,3,4);1H3. The van der Waals surface area contributed by atoms with Gasteiger partial charge >= 0.3 is 5.97 Å². The lowest BCUT2D eigenvalue weighted by atomic mass is 10.0. The molecule has 0 aromatic rings. The van der Waals surface area contributed by atoms with Gasteiger partial charge in [-0.15, -0.1) is 0 Å². The van der Waals surface area contributed by atoms with Crippen molar-refractivity contribution < 1.29 is 19.8 Å². The van der Waals surface area contributed by atoms with Crippen LogP contribution in [0.25, 0.3) is 0 Å². The van der Waals surface area contributed by atoms with E-state index < -0.39 is 11.9 Å². The molecule has 0 aliphatic carbocycles. The molecule has 0 bridgehead atoms. The molecule has 0 amide bonds. The van der Waals surface area contributed by atoms with Gasteiger partial charge < -0.3 is 16.4 Å². The molecular formula is C20H43NO4. The summed E-state index contributed by atoms with van der Waals surface area (Å²) in [4.78, 5) is 19.3. The van der Waals surface area contributed by atoms with Gasteiger partial charge in [-0.05, 0) is 6.42 Å². The van der Waals surface area contributed by atoms with Gasteiger partial charge in [0.25, 0.3) is 5.97 Å². The smallest absolute Gasteiger partial charge is 0.303 e. The van der Waals surface area contributed by atoms with E-state index in [0.717, 1.165) is 19.8 Å². The van der Waals surface area contributed by atoms with Gasteiger partial charge in [0.2, 0.25) is 0 Å². The van der Waals surface area contributed by atoms with Crippen molar-refractivity contribution >= 4 is 11.9 Å². The first-order valence-electron chi connectivity index (χ1n) is 9.92. The number of aliphatic carboxylic acids is 2. The largest absolute Gasteiger partial charge is 0.481 e. The Morgan fingerprint density at radius 3 is 1.08 bits per heavy atom. The zero-order valence-electron chi connectivity index (χ0n) is 16.7. The number of rotatable bonds is 16. The van der Waals surface area contributed by atoms with Crippen molar-refractivity contribution in [2.24, 2.45) is 0 Å². The summed E-state index contributed by atoms with van der Waals surface area (Å²) >= 11 is 0. The van der Waals surface area contributed by atoms with E-state index in [0.29, 0.717) is 6.42 Å². The minimum atomic E-state index is -0.833. The van der Waals surface area contributed by atoms with E-state index in [9.17, 15) is 4.79 Å². The van der Waals surface area contributed by atoms with Crippen LogP contribution in [0.3, 0.4) is 0 Å². The first-order valence-corrected chi connectivity index (χ1v) is 9.92. The molecule has 0 spiro atoms. The zero-order valence-corrected chi connectivity index (χ0v) is 16.7. The lowest BCUT2D eigenvalue weighted by Gasteiger charge is -2.03. The fourth-order valence-corrected chi connectivity index (χ4v) is 2.65. The van der Waals surface area contributed by atoms with Crippen molar-refractivity contribution in [3.8, 4) is 0 Å². The second kappa shape index (κ2) is 25.1. The zero-order chi connectivity index (χ0) is 18.5. The predicted octanol–water partition coefficient (Wildman–Crippen LogP) is 6.59. The highest BCUT2D eigenvalue weighted by Crippen LogP contribution is 2.13. The Hall–Kier alpha value is -1.10. The summed E-state index contributed by atoms with van der Waals surface area (Å²) in [5.41, 5.74) is 0. The molecule has 0 radical (unpaired) electrons. The van der Waals surface area contributed by atoms with Crippen LogP contribution >= 0.6 is 0 Å². The first-order chi connectivity index (χ1) is 11.5. The lowest BCUT2D eigenvalue weighted by molar-refractivity contribution is -0.137. The van der Waals surface area contributed by atoms with Crippen LogP contribution in [0.4, 0.5) is 0 Å². The lowest BCUT2D eigenvalue weighted by Crippen LogP contribution is -1.93. The van der Waals surface area contributed by atoms with E-state index in [4.69, 9.17) is 15.0 Å². The molecule has 0 aliphatic rings. The van der Waals surface area contributed by atoms with Crippen LogP contribution in [0.15, 0.2) is 0 Å². The maximum Gasteiger partial charge on any atom is 0.303 e. The topological polar surface area (TPSA) is 110 Å². The fourth-order valence-electron chi connectivity index (χ4n) is 2.65. The third-order valence-electron chi connectivity index (χ3n) is 3.99. The summed E-state index contributed by atoms with van der Waals surface area (Å²) in [5.74, 6) is -1.49. The molecule has 5 nitrogen and oxygen atoms in total. The van der Waals surface area contributed by atoms with E-state index in [2.05, 4.69) is 6.92 Å². The molecule has 0 rings (SSSR count). The van der Waals surface area contributed by atoms with E-state index >= 15 is 0 Å². The molecule has 152 valence electrons. The van der Waals surface area contributed by atoms with Crippen molar-refractivity contribution in [1.82, 2.24) is 6.15 Å². The van der Waals surface area contributed by atoms with Gasteiger partial charge in [0.15, 0.2) is 0 Å². The Morgan fingerprint density at radius 2 is 0.840 bits per heavy atom. The quantitative estimate of drug-likeness (QED) is 0.269. The van der Waals surface area contributed by atoms with Gasteiger partial charge in [0, 0.05) is 13.3 Å². The van der Waals surface area contributed by atoms with Crippen LogP contribution in [-0.2, 0) is 9.59 Å². The molecule has 0 saturated carbocycles. The van der Waals surface area contributed by atoms with Crippen LogP contribution < -0.4 is 6.15 Å². The average Bonchev–Trinajstić information content (AvgIpc) is 2.50. The summed E-state index contributed by atoms with van der Waals surface area (Å²) in [5, 5.41) is 15.9. The van der Waals surface area contributed by atoms with Crippen molar-refractivity contribution in [3.63, 3.8) is 0 Å². The van der Waals surface area contributed by atoms with Crippen LogP contribution in [-0.4, -0.2) is 22.2 Å². The highest BCUT2D eigenvalue weighted by molar-refractivity contribution is 5.66. The van der Waals surface area contributed by atoms with E-state index in [-0.39, 0.29) is 6.15 Å². The predicted molar refractivity (Wildman–Crippen MR) is 106 cm³/mol. The van der Waals surface area contributed by atoms with Gasteiger partial charge in [0.05, 0.1) is 0 Å². The molecule has 5 N–H and O–H groups in total. The molecule has 0 heterocycles. The van der Waals surface area contributed by atoms with Gasteiger partial charge in [-0.25, -0.2) is 0 Å². The highest BCUT2D eigenvalue weighted by atomic mass is 16.4. The second-order valence-corrected chi connectivity index (χ2v) is 6.61.